The molecule has 1 saturated heterocycles. The molecule has 1 atom stereocenters. The van der Waals surface area contributed by atoms with Gasteiger partial charge in [0.15, 0.2) is 0 Å². The lowest BCUT2D eigenvalue weighted by Crippen LogP contribution is -2.50. The van der Waals surface area contributed by atoms with E-state index in [9.17, 15) is 4.79 Å². The van der Waals surface area contributed by atoms with Gasteiger partial charge < -0.3 is 9.88 Å². The number of carbonyl (C=O) groups is 1. The lowest BCUT2D eigenvalue weighted by molar-refractivity contribution is -0.140. The van der Waals surface area contributed by atoms with E-state index in [1.165, 1.54) is 6.42 Å². The molecule has 4 heteroatoms. The summed E-state index contributed by atoms with van der Waals surface area (Å²) in [6.45, 7) is 7.13. The summed E-state index contributed by atoms with van der Waals surface area (Å²) >= 11 is 6.07. The van der Waals surface area contributed by atoms with Crippen LogP contribution in [0, 0.1) is 0 Å². The smallest absolute Gasteiger partial charge is 0.232 e. The van der Waals surface area contributed by atoms with Gasteiger partial charge in [0, 0.05) is 34.7 Å². The first-order valence-electron chi connectivity index (χ1n) is 8.53. The van der Waals surface area contributed by atoms with Crippen molar-refractivity contribution >= 4 is 28.4 Å². The van der Waals surface area contributed by atoms with Gasteiger partial charge in [-0.1, -0.05) is 24.6 Å². The Bertz CT molecular complexity index is 719. The van der Waals surface area contributed by atoms with Crippen molar-refractivity contribution < 1.29 is 4.79 Å². The van der Waals surface area contributed by atoms with E-state index in [-0.39, 0.29) is 5.91 Å². The number of hydrogen-bond acceptors (Lipinski definition) is 1. The number of nitrogens with one attached hydrogen (secondary N) is 1. The first kappa shape index (κ1) is 16.4. The van der Waals surface area contributed by atoms with E-state index < -0.39 is 5.41 Å². The Kier molecular flexibility index (Phi) is 4.41. The van der Waals surface area contributed by atoms with E-state index in [1.807, 2.05) is 38.2 Å². The zero-order valence-electron chi connectivity index (χ0n) is 14.2. The Balaban J connectivity index is 1.97. The first-order valence-corrected chi connectivity index (χ1v) is 8.91. The van der Waals surface area contributed by atoms with Gasteiger partial charge in [-0.25, -0.2) is 0 Å². The molecule has 0 saturated carbocycles. The number of H-pyrrole nitrogens is 1. The summed E-state index contributed by atoms with van der Waals surface area (Å²) in [5.41, 5.74) is 1.49. The van der Waals surface area contributed by atoms with Gasteiger partial charge in [0.2, 0.25) is 5.91 Å². The molecule has 1 fully saturated rings. The summed E-state index contributed by atoms with van der Waals surface area (Å²) in [5.74, 6) is 0.236. The second kappa shape index (κ2) is 6.20. The minimum absolute atomic E-state index is 0.236. The predicted molar refractivity (Wildman–Crippen MR) is 96.0 cm³/mol. The van der Waals surface area contributed by atoms with Gasteiger partial charge in [-0.05, 0) is 57.2 Å². The van der Waals surface area contributed by atoms with E-state index in [1.54, 1.807) is 0 Å². The van der Waals surface area contributed by atoms with Crippen LogP contribution < -0.4 is 0 Å². The van der Waals surface area contributed by atoms with E-state index in [2.05, 4.69) is 16.8 Å². The third-order valence-electron chi connectivity index (χ3n) is 5.21. The quantitative estimate of drug-likeness (QED) is 0.853. The molecule has 1 amide bonds. The Morgan fingerprint density at radius 3 is 2.91 bits per heavy atom. The third kappa shape index (κ3) is 2.87. The van der Waals surface area contributed by atoms with Crippen molar-refractivity contribution in [3.63, 3.8) is 0 Å². The van der Waals surface area contributed by atoms with Crippen molar-refractivity contribution in [1.29, 1.82) is 0 Å². The number of hydrogen-bond donors (Lipinski definition) is 1. The number of halogens is 1. The van der Waals surface area contributed by atoms with Crippen LogP contribution in [0.5, 0.6) is 0 Å². The normalized spacial score (nSPS) is 19.3. The molecule has 1 aromatic heterocycles. The zero-order valence-corrected chi connectivity index (χ0v) is 14.9. The highest BCUT2D eigenvalue weighted by Gasteiger charge is 2.38. The van der Waals surface area contributed by atoms with Crippen LogP contribution in [0.1, 0.15) is 52.0 Å². The fourth-order valence-corrected chi connectivity index (χ4v) is 3.95. The monoisotopic (exact) mass is 332 g/mol. The number of nitrogens with zero attached hydrogens (tertiary/aromatic N) is 1. The van der Waals surface area contributed by atoms with Crippen LogP contribution in [0.3, 0.4) is 0 Å². The average molecular weight is 333 g/mol. The molecular weight excluding hydrogens is 308 g/mol. The van der Waals surface area contributed by atoms with Crippen LogP contribution in [0.4, 0.5) is 0 Å². The highest BCUT2D eigenvalue weighted by atomic mass is 35.5. The molecule has 2 heterocycles. The Labute approximate surface area is 143 Å². The third-order valence-corrected chi connectivity index (χ3v) is 5.45. The number of carbonyl (C=O) groups excluding carboxylic acids is 1. The number of benzene rings is 1. The van der Waals surface area contributed by atoms with E-state index in [0.717, 1.165) is 42.3 Å². The maximum Gasteiger partial charge on any atom is 0.232 e. The van der Waals surface area contributed by atoms with E-state index >= 15 is 0 Å². The minimum Gasteiger partial charge on any atom is -0.361 e. The average Bonchev–Trinajstić information content (AvgIpc) is 2.97. The Hall–Kier alpha value is -1.48. The molecule has 0 spiro atoms. The minimum atomic E-state index is -0.545. The fourth-order valence-electron chi connectivity index (χ4n) is 3.78. The van der Waals surface area contributed by atoms with Crippen molar-refractivity contribution in [2.75, 3.05) is 6.54 Å². The van der Waals surface area contributed by atoms with Crippen molar-refractivity contribution in [3.8, 4) is 0 Å². The highest BCUT2D eigenvalue weighted by Crippen LogP contribution is 2.35. The summed E-state index contributed by atoms with van der Waals surface area (Å²) in [6.07, 6.45) is 6.47. The molecule has 1 aromatic carbocycles. The van der Waals surface area contributed by atoms with Gasteiger partial charge >= 0.3 is 0 Å². The molecule has 23 heavy (non-hydrogen) atoms. The SMILES string of the molecule is CCC1CCCCN1C(=O)C(C)(C)c1c[nH]c2cc(Cl)ccc12. The summed E-state index contributed by atoms with van der Waals surface area (Å²) in [6, 6.07) is 6.19. The molecular formula is C19H25ClN2O. The predicted octanol–water partition coefficient (Wildman–Crippen LogP) is 4.89. The number of aromatic amines is 1. The maximum atomic E-state index is 13.3. The van der Waals surface area contributed by atoms with Crippen LogP contribution in [0.25, 0.3) is 10.9 Å². The molecule has 124 valence electrons. The van der Waals surface area contributed by atoms with E-state index in [4.69, 9.17) is 11.6 Å². The molecule has 3 rings (SSSR count). The number of piperidine rings is 1. The summed E-state index contributed by atoms with van der Waals surface area (Å²) in [5, 5.41) is 1.79. The van der Waals surface area contributed by atoms with Crippen LogP contribution in [0.2, 0.25) is 5.02 Å². The standard InChI is InChI=1S/C19H25ClN2O/c1-4-14-7-5-6-10-22(14)18(23)19(2,3)16-12-21-17-11-13(20)8-9-15(16)17/h8-9,11-12,14,21H,4-7,10H2,1-3H3. The van der Waals surface area contributed by atoms with Gasteiger partial charge in [0.25, 0.3) is 0 Å². The summed E-state index contributed by atoms with van der Waals surface area (Å²) in [7, 11) is 0. The lowest BCUT2D eigenvalue weighted by atomic mass is 9.81. The Morgan fingerprint density at radius 1 is 1.39 bits per heavy atom. The van der Waals surface area contributed by atoms with Crippen LogP contribution in [-0.2, 0) is 10.2 Å². The molecule has 3 nitrogen and oxygen atoms in total. The number of fused-ring (bicyclic) bond motifs is 1. The molecule has 1 unspecified atom stereocenters. The first-order chi connectivity index (χ1) is 10.9. The topological polar surface area (TPSA) is 36.1 Å². The fraction of sp³-hybridized carbons (Fsp3) is 0.526. The van der Waals surface area contributed by atoms with Gasteiger partial charge in [-0.15, -0.1) is 0 Å². The van der Waals surface area contributed by atoms with Crippen LogP contribution >= 0.6 is 11.6 Å². The van der Waals surface area contributed by atoms with Crippen molar-refractivity contribution in [3.05, 3.63) is 35.0 Å². The van der Waals surface area contributed by atoms with E-state index in [0.29, 0.717) is 11.1 Å². The maximum absolute atomic E-state index is 13.3. The van der Waals surface area contributed by atoms with Gasteiger partial charge in [-0.3, -0.25) is 4.79 Å². The summed E-state index contributed by atoms with van der Waals surface area (Å²) in [4.78, 5) is 18.7. The molecule has 0 bridgehead atoms. The second-order valence-electron chi connectivity index (χ2n) is 7.07. The molecule has 0 aliphatic carbocycles. The van der Waals surface area contributed by atoms with Gasteiger partial charge in [0.1, 0.15) is 0 Å². The lowest BCUT2D eigenvalue weighted by Gasteiger charge is -2.40. The Morgan fingerprint density at radius 2 is 2.17 bits per heavy atom. The number of amides is 1. The van der Waals surface area contributed by atoms with Gasteiger partial charge in [0.05, 0.1) is 5.41 Å². The molecule has 0 radical (unpaired) electrons. The molecule has 1 aliphatic rings. The largest absolute Gasteiger partial charge is 0.361 e. The van der Waals surface area contributed by atoms with Crippen molar-refractivity contribution in [1.82, 2.24) is 9.88 Å². The molecule has 1 aliphatic heterocycles. The molecule has 1 N–H and O–H groups in total. The van der Waals surface area contributed by atoms with Gasteiger partial charge in [-0.2, -0.15) is 0 Å². The number of likely N-dealkylation sites (tertiary alicyclic amines) is 1. The van der Waals surface area contributed by atoms with Crippen molar-refractivity contribution in [2.45, 2.75) is 57.9 Å². The second-order valence-corrected chi connectivity index (χ2v) is 7.51. The summed E-state index contributed by atoms with van der Waals surface area (Å²) < 4.78 is 0. The highest BCUT2D eigenvalue weighted by molar-refractivity contribution is 6.31. The number of aromatic nitrogens is 1. The number of rotatable bonds is 3. The molecule has 2 aromatic rings. The van der Waals surface area contributed by atoms with Crippen LogP contribution in [-0.4, -0.2) is 28.4 Å². The van der Waals surface area contributed by atoms with Crippen molar-refractivity contribution in [2.24, 2.45) is 0 Å². The van der Waals surface area contributed by atoms with Crippen LogP contribution in [0.15, 0.2) is 24.4 Å². The zero-order chi connectivity index (χ0) is 16.6.